The lowest BCUT2D eigenvalue weighted by molar-refractivity contribution is 0.100. The van der Waals surface area contributed by atoms with Crippen molar-refractivity contribution in [2.24, 2.45) is 5.73 Å². The minimum absolute atomic E-state index is 0.382. The second-order valence-corrected chi connectivity index (χ2v) is 6.38. The van der Waals surface area contributed by atoms with Crippen molar-refractivity contribution >= 4 is 5.91 Å². The number of primary amides is 1. The zero-order valence-corrected chi connectivity index (χ0v) is 13.7. The van der Waals surface area contributed by atoms with Gasteiger partial charge in [-0.05, 0) is 55.5 Å². The number of hydrogen-bond donors (Lipinski definition) is 1. The van der Waals surface area contributed by atoms with Gasteiger partial charge in [-0.1, -0.05) is 42.5 Å². The summed E-state index contributed by atoms with van der Waals surface area (Å²) in [5, 5.41) is 0. The topological polar surface area (TPSA) is 46.3 Å². The van der Waals surface area contributed by atoms with Crippen LogP contribution in [0.5, 0.6) is 0 Å². The maximum Gasteiger partial charge on any atom is 0.249 e. The Labute approximate surface area is 138 Å². The minimum Gasteiger partial charge on any atom is -0.366 e. The van der Waals surface area contributed by atoms with E-state index in [0.717, 1.165) is 30.1 Å². The number of nitrogens with zero attached hydrogens (tertiary/aromatic N) is 1. The highest BCUT2D eigenvalue weighted by atomic mass is 16.1. The van der Waals surface area contributed by atoms with E-state index in [1.165, 1.54) is 24.9 Å². The molecule has 0 spiro atoms. The van der Waals surface area contributed by atoms with E-state index < -0.39 is 0 Å². The summed E-state index contributed by atoms with van der Waals surface area (Å²) in [7, 11) is 0. The van der Waals surface area contributed by atoms with Crippen LogP contribution in [0.2, 0.25) is 0 Å². The van der Waals surface area contributed by atoms with Crippen LogP contribution in [0.15, 0.2) is 48.5 Å². The number of carbonyl (C=O) groups excluding carboxylic acids is 1. The van der Waals surface area contributed by atoms with Gasteiger partial charge in [0.05, 0.1) is 0 Å². The standard InChI is InChI=1S/C20H24N2O/c1-15-5-4-13-22(15)14-12-16-8-10-17(11-9-16)18-6-2-3-7-19(18)20(21)23/h2-3,6-11,15H,4-5,12-14H2,1H3,(H2,21,23)/t15-/m1/s1. The first-order valence-electron chi connectivity index (χ1n) is 8.37. The fourth-order valence-electron chi connectivity index (χ4n) is 3.40. The van der Waals surface area contributed by atoms with E-state index in [1.807, 2.05) is 18.2 Å². The Morgan fingerprint density at radius 2 is 1.91 bits per heavy atom. The van der Waals surface area contributed by atoms with Crippen molar-refractivity contribution in [3.05, 3.63) is 59.7 Å². The van der Waals surface area contributed by atoms with Gasteiger partial charge in [-0.25, -0.2) is 0 Å². The van der Waals surface area contributed by atoms with Crippen LogP contribution in [0.25, 0.3) is 11.1 Å². The molecule has 1 heterocycles. The number of benzene rings is 2. The molecule has 1 aliphatic rings. The lowest BCUT2D eigenvalue weighted by Crippen LogP contribution is -2.28. The van der Waals surface area contributed by atoms with Crippen LogP contribution in [0.1, 0.15) is 35.7 Å². The molecule has 0 aromatic heterocycles. The number of nitrogens with two attached hydrogens (primary N) is 1. The minimum atomic E-state index is -0.382. The zero-order chi connectivity index (χ0) is 16.2. The first-order chi connectivity index (χ1) is 11.1. The zero-order valence-electron chi connectivity index (χ0n) is 13.7. The average Bonchev–Trinajstić information content (AvgIpc) is 2.98. The van der Waals surface area contributed by atoms with E-state index in [0.29, 0.717) is 5.56 Å². The van der Waals surface area contributed by atoms with Crippen molar-refractivity contribution in [1.29, 1.82) is 0 Å². The van der Waals surface area contributed by atoms with Crippen molar-refractivity contribution in [2.75, 3.05) is 13.1 Å². The summed E-state index contributed by atoms with van der Waals surface area (Å²) < 4.78 is 0. The van der Waals surface area contributed by atoms with Gasteiger partial charge in [0.25, 0.3) is 0 Å². The molecule has 0 aliphatic carbocycles. The smallest absolute Gasteiger partial charge is 0.249 e. The second-order valence-electron chi connectivity index (χ2n) is 6.38. The number of carbonyl (C=O) groups is 1. The van der Waals surface area contributed by atoms with Gasteiger partial charge in [-0.15, -0.1) is 0 Å². The first kappa shape index (κ1) is 15.8. The number of likely N-dealkylation sites (tertiary alicyclic amines) is 1. The number of amides is 1. The number of rotatable bonds is 5. The molecular formula is C20H24N2O. The van der Waals surface area contributed by atoms with Crippen LogP contribution < -0.4 is 5.73 Å². The SMILES string of the molecule is C[C@@H]1CCCN1CCc1ccc(-c2ccccc2C(N)=O)cc1. The van der Waals surface area contributed by atoms with Crippen molar-refractivity contribution < 1.29 is 4.79 Å². The predicted octanol–water partition coefficient (Wildman–Crippen LogP) is 3.48. The molecule has 2 aromatic carbocycles. The highest BCUT2D eigenvalue weighted by molar-refractivity contribution is 5.99. The van der Waals surface area contributed by atoms with E-state index in [-0.39, 0.29) is 5.91 Å². The molecule has 1 saturated heterocycles. The Kier molecular flexibility index (Phi) is 4.77. The van der Waals surface area contributed by atoms with Gasteiger partial charge in [-0.3, -0.25) is 4.79 Å². The second kappa shape index (κ2) is 6.97. The van der Waals surface area contributed by atoms with Crippen molar-refractivity contribution in [3.63, 3.8) is 0 Å². The third-order valence-corrected chi connectivity index (χ3v) is 4.84. The summed E-state index contributed by atoms with van der Waals surface area (Å²) in [6.07, 6.45) is 3.72. The Morgan fingerprint density at radius 3 is 2.57 bits per heavy atom. The molecule has 1 fully saturated rings. The van der Waals surface area contributed by atoms with Crippen LogP contribution in [0, 0.1) is 0 Å². The maximum atomic E-state index is 11.6. The largest absolute Gasteiger partial charge is 0.366 e. The summed E-state index contributed by atoms with van der Waals surface area (Å²) in [5.74, 6) is -0.382. The van der Waals surface area contributed by atoms with Gasteiger partial charge in [0, 0.05) is 18.2 Å². The third kappa shape index (κ3) is 3.62. The van der Waals surface area contributed by atoms with Crippen LogP contribution in [-0.2, 0) is 6.42 Å². The molecular weight excluding hydrogens is 284 g/mol. The first-order valence-corrected chi connectivity index (χ1v) is 8.37. The molecule has 120 valence electrons. The van der Waals surface area contributed by atoms with E-state index in [2.05, 4.69) is 36.1 Å². The van der Waals surface area contributed by atoms with Gasteiger partial charge >= 0.3 is 0 Å². The molecule has 3 heteroatoms. The summed E-state index contributed by atoms with van der Waals surface area (Å²) >= 11 is 0. The fraction of sp³-hybridized carbons (Fsp3) is 0.350. The molecule has 0 bridgehead atoms. The van der Waals surface area contributed by atoms with Gasteiger partial charge in [0.2, 0.25) is 5.91 Å². The highest BCUT2D eigenvalue weighted by Gasteiger charge is 2.19. The van der Waals surface area contributed by atoms with Crippen LogP contribution in [-0.4, -0.2) is 29.9 Å². The van der Waals surface area contributed by atoms with E-state index >= 15 is 0 Å². The molecule has 2 N–H and O–H groups in total. The Balaban J connectivity index is 1.71. The molecule has 1 amide bonds. The lowest BCUT2D eigenvalue weighted by atomic mass is 9.98. The van der Waals surface area contributed by atoms with E-state index in [9.17, 15) is 4.79 Å². The van der Waals surface area contributed by atoms with Gasteiger partial charge in [0.1, 0.15) is 0 Å². The van der Waals surface area contributed by atoms with Gasteiger partial charge in [0.15, 0.2) is 0 Å². The average molecular weight is 308 g/mol. The molecule has 3 rings (SSSR count). The third-order valence-electron chi connectivity index (χ3n) is 4.84. The van der Waals surface area contributed by atoms with E-state index in [4.69, 9.17) is 5.73 Å². The molecule has 1 aliphatic heterocycles. The summed E-state index contributed by atoms with van der Waals surface area (Å²) in [5.41, 5.74) is 9.32. The van der Waals surface area contributed by atoms with Gasteiger partial charge < -0.3 is 10.6 Å². The van der Waals surface area contributed by atoms with Gasteiger partial charge in [-0.2, -0.15) is 0 Å². The maximum absolute atomic E-state index is 11.6. The van der Waals surface area contributed by atoms with Crippen LogP contribution in [0.4, 0.5) is 0 Å². The quantitative estimate of drug-likeness (QED) is 0.919. The molecule has 2 aromatic rings. The van der Waals surface area contributed by atoms with Crippen molar-refractivity contribution in [2.45, 2.75) is 32.2 Å². The van der Waals surface area contributed by atoms with Crippen LogP contribution >= 0.6 is 0 Å². The van der Waals surface area contributed by atoms with Crippen molar-refractivity contribution in [3.8, 4) is 11.1 Å². The number of hydrogen-bond acceptors (Lipinski definition) is 2. The predicted molar refractivity (Wildman–Crippen MR) is 94.4 cm³/mol. The summed E-state index contributed by atoms with van der Waals surface area (Å²) in [6.45, 7) is 4.67. The normalized spacial score (nSPS) is 18.2. The molecule has 3 nitrogen and oxygen atoms in total. The summed E-state index contributed by atoms with van der Waals surface area (Å²) in [4.78, 5) is 14.1. The molecule has 0 radical (unpaired) electrons. The van der Waals surface area contributed by atoms with E-state index in [1.54, 1.807) is 6.07 Å². The Bertz CT molecular complexity index is 678. The Hall–Kier alpha value is -2.13. The molecule has 0 unspecified atom stereocenters. The highest BCUT2D eigenvalue weighted by Crippen LogP contribution is 2.24. The molecule has 0 saturated carbocycles. The fourth-order valence-corrected chi connectivity index (χ4v) is 3.40. The summed E-state index contributed by atoms with van der Waals surface area (Å²) in [6, 6.07) is 16.7. The Morgan fingerprint density at radius 1 is 1.17 bits per heavy atom. The van der Waals surface area contributed by atoms with Crippen LogP contribution in [0.3, 0.4) is 0 Å². The van der Waals surface area contributed by atoms with Crippen molar-refractivity contribution in [1.82, 2.24) is 4.90 Å². The molecule has 1 atom stereocenters. The lowest BCUT2D eigenvalue weighted by Gasteiger charge is -2.20. The molecule has 23 heavy (non-hydrogen) atoms. The monoisotopic (exact) mass is 308 g/mol.